The van der Waals surface area contributed by atoms with E-state index in [2.05, 4.69) is 15.5 Å². The molecule has 7 heteroatoms. The predicted octanol–water partition coefficient (Wildman–Crippen LogP) is 2.57. The molecular weight excluding hydrogens is 290 g/mol. The van der Waals surface area contributed by atoms with E-state index in [4.69, 9.17) is 22.1 Å². The lowest BCUT2D eigenvalue weighted by molar-refractivity contribution is 0.416. The van der Waals surface area contributed by atoms with Gasteiger partial charge in [0.1, 0.15) is 5.75 Å². The van der Waals surface area contributed by atoms with E-state index in [0.29, 0.717) is 27.8 Å². The van der Waals surface area contributed by atoms with Crippen LogP contribution in [-0.2, 0) is 0 Å². The molecule has 3 rings (SSSR count). The number of tetrazole rings is 1. The molecule has 106 valence electrons. The Bertz CT molecular complexity index is 787. The molecule has 0 fully saturated rings. The highest BCUT2D eigenvalue weighted by Crippen LogP contribution is 2.34. The zero-order chi connectivity index (χ0) is 14.8. The lowest BCUT2D eigenvalue weighted by atomic mass is 10.1. The van der Waals surface area contributed by atoms with Crippen LogP contribution in [0.1, 0.15) is 0 Å². The van der Waals surface area contributed by atoms with Gasteiger partial charge < -0.3 is 10.5 Å². The molecule has 0 radical (unpaired) electrons. The third-order valence-electron chi connectivity index (χ3n) is 3.02. The van der Waals surface area contributed by atoms with Crippen molar-refractivity contribution in [3.05, 3.63) is 47.5 Å². The summed E-state index contributed by atoms with van der Waals surface area (Å²) in [7, 11) is 1.58. The number of rotatable bonds is 3. The van der Waals surface area contributed by atoms with E-state index in [1.165, 1.54) is 0 Å². The number of hydrogen-bond donors (Lipinski definition) is 1. The topological polar surface area (TPSA) is 78.8 Å². The van der Waals surface area contributed by atoms with Crippen LogP contribution >= 0.6 is 11.6 Å². The zero-order valence-electron chi connectivity index (χ0n) is 11.2. The van der Waals surface area contributed by atoms with Gasteiger partial charge in [-0.25, -0.2) is 0 Å². The van der Waals surface area contributed by atoms with Crippen LogP contribution in [0.4, 0.5) is 5.69 Å². The molecule has 0 unspecified atom stereocenters. The van der Waals surface area contributed by atoms with Gasteiger partial charge >= 0.3 is 0 Å². The van der Waals surface area contributed by atoms with Crippen molar-refractivity contribution in [1.29, 1.82) is 0 Å². The first-order valence-electron chi connectivity index (χ1n) is 6.18. The maximum absolute atomic E-state index is 6.05. The number of methoxy groups -OCH3 is 1. The van der Waals surface area contributed by atoms with Crippen molar-refractivity contribution in [2.45, 2.75) is 0 Å². The molecule has 0 atom stereocenters. The van der Waals surface area contributed by atoms with Gasteiger partial charge in [-0.05, 0) is 40.8 Å². The number of nitrogen functional groups attached to an aromatic ring is 1. The minimum absolute atomic E-state index is 0.493. The second-order valence-electron chi connectivity index (χ2n) is 4.32. The molecule has 2 aromatic carbocycles. The Morgan fingerprint density at radius 3 is 2.76 bits per heavy atom. The summed E-state index contributed by atoms with van der Waals surface area (Å²) in [5.74, 6) is 1.10. The summed E-state index contributed by atoms with van der Waals surface area (Å²) in [6, 6.07) is 12.6. The lowest BCUT2D eigenvalue weighted by Crippen LogP contribution is -2.03. The molecule has 0 saturated carbocycles. The van der Waals surface area contributed by atoms with Gasteiger partial charge in [0, 0.05) is 10.7 Å². The van der Waals surface area contributed by atoms with Crippen LogP contribution in [0.5, 0.6) is 5.75 Å². The molecule has 1 aromatic heterocycles. The Morgan fingerprint density at radius 1 is 1.19 bits per heavy atom. The predicted molar refractivity (Wildman–Crippen MR) is 80.6 cm³/mol. The van der Waals surface area contributed by atoms with Gasteiger partial charge in [0.15, 0.2) is 5.82 Å². The molecule has 0 bridgehead atoms. The van der Waals surface area contributed by atoms with Gasteiger partial charge in [-0.3, -0.25) is 0 Å². The molecule has 6 nitrogen and oxygen atoms in total. The second-order valence-corrected chi connectivity index (χ2v) is 4.76. The Hall–Kier alpha value is -2.60. The van der Waals surface area contributed by atoms with Gasteiger partial charge in [-0.15, -0.1) is 5.10 Å². The van der Waals surface area contributed by atoms with E-state index in [9.17, 15) is 0 Å². The van der Waals surface area contributed by atoms with Crippen molar-refractivity contribution >= 4 is 17.3 Å². The van der Waals surface area contributed by atoms with Crippen LogP contribution in [0.3, 0.4) is 0 Å². The fraction of sp³-hybridized carbons (Fsp3) is 0.0714. The van der Waals surface area contributed by atoms with Crippen LogP contribution in [0.15, 0.2) is 42.5 Å². The van der Waals surface area contributed by atoms with Gasteiger partial charge in [0.05, 0.1) is 18.4 Å². The van der Waals surface area contributed by atoms with Crippen LogP contribution in [0, 0.1) is 0 Å². The number of halogens is 1. The Morgan fingerprint density at radius 2 is 2.00 bits per heavy atom. The molecule has 0 amide bonds. The number of anilines is 1. The number of ether oxygens (including phenoxy) is 1. The average molecular weight is 302 g/mol. The monoisotopic (exact) mass is 301 g/mol. The Kier molecular flexibility index (Phi) is 3.45. The molecule has 21 heavy (non-hydrogen) atoms. The lowest BCUT2D eigenvalue weighted by Gasteiger charge is -2.11. The van der Waals surface area contributed by atoms with E-state index in [0.717, 1.165) is 5.69 Å². The number of nitrogens with zero attached hydrogens (tertiary/aromatic N) is 4. The quantitative estimate of drug-likeness (QED) is 0.752. The van der Waals surface area contributed by atoms with Crippen molar-refractivity contribution in [2.75, 3.05) is 12.8 Å². The minimum Gasteiger partial charge on any atom is -0.496 e. The molecule has 0 saturated heterocycles. The molecule has 0 aliphatic heterocycles. The van der Waals surface area contributed by atoms with Crippen LogP contribution in [0.2, 0.25) is 5.02 Å². The molecule has 3 aromatic rings. The first-order chi connectivity index (χ1) is 10.2. The molecule has 0 aliphatic carbocycles. The Labute approximate surface area is 126 Å². The molecular formula is C14H12ClN5O. The van der Waals surface area contributed by atoms with Crippen molar-refractivity contribution < 1.29 is 4.74 Å². The summed E-state index contributed by atoms with van der Waals surface area (Å²) in [5, 5.41) is 12.4. The number of benzene rings is 2. The summed E-state index contributed by atoms with van der Waals surface area (Å²) < 4.78 is 6.92. The van der Waals surface area contributed by atoms with Gasteiger partial charge in [0.25, 0.3) is 0 Å². The first-order valence-corrected chi connectivity index (χ1v) is 6.55. The zero-order valence-corrected chi connectivity index (χ0v) is 11.9. The fourth-order valence-corrected chi connectivity index (χ4v) is 2.27. The van der Waals surface area contributed by atoms with Crippen LogP contribution < -0.4 is 10.5 Å². The van der Waals surface area contributed by atoms with Crippen molar-refractivity contribution in [2.24, 2.45) is 0 Å². The van der Waals surface area contributed by atoms with E-state index in [1.54, 1.807) is 30.0 Å². The van der Waals surface area contributed by atoms with E-state index >= 15 is 0 Å². The van der Waals surface area contributed by atoms with Crippen molar-refractivity contribution in [3.8, 4) is 22.8 Å². The van der Waals surface area contributed by atoms with E-state index < -0.39 is 0 Å². The van der Waals surface area contributed by atoms with Gasteiger partial charge in [-0.1, -0.05) is 23.7 Å². The van der Waals surface area contributed by atoms with Gasteiger partial charge in [0.2, 0.25) is 0 Å². The van der Waals surface area contributed by atoms with Crippen molar-refractivity contribution in [3.63, 3.8) is 0 Å². The summed E-state index contributed by atoms with van der Waals surface area (Å²) >= 11 is 6.02. The third-order valence-corrected chi connectivity index (χ3v) is 3.26. The highest BCUT2D eigenvalue weighted by molar-refractivity contribution is 6.30. The average Bonchev–Trinajstić information content (AvgIpc) is 2.96. The van der Waals surface area contributed by atoms with Crippen LogP contribution in [-0.4, -0.2) is 27.3 Å². The molecule has 1 heterocycles. The van der Waals surface area contributed by atoms with Gasteiger partial charge in [-0.2, -0.15) is 4.68 Å². The smallest absolute Gasteiger partial charge is 0.192 e. The largest absolute Gasteiger partial charge is 0.496 e. The third kappa shape index (κ3) is 2.41. The fourth-order valence-electron chi connectivity index (χ4n) is 2.08. The van der Waals surface area contributed by atoms with E-state index in [-0.39, 0.29) is 0 Å². The second kappa shape index (κ2) is 5.41. The number of nitrogens with two attached hydrogens (primary N) is 1. The molecule has 0 aliphatic rings. The molecule has 2 N–H and O–H groups in total. The highest BCUT2D eigenvalue weighted by Gasteiger charge is 2.18. The van der Waals surface area contributed by atoms with Crippen molar-refractivity contribution in [1.82, 2.24) is 20.2 Å². The standard InChI is InChI=1S/C14H12ClN5O/c1-21-12-7-3-6-11(16)13(12)14-17-18-19-20(14)10-5-2-4-9(15)8-10/h2-8H,16H2,1H3. The maximum atomic E-state index is 6.05. The summed E-state index contributed by atoms with van der Waals surface area (Å²) in [6.45, 7) is 0. The van der Waals surface area contributed by atoms with Crippen LogP contribution in [0.25, 0.3) is 17.1 Å². The highest BCUT2D eigenvalue weighted by atomic mass is 35.5. The molecule has 0 spiro atoms. The summed E-state index contributed by atoms with van der Waals surface area (Å²) in [4.78, 5) is 0. The number of aromatic nitrogens is 4. The SMILES string of the molecule is COc1cccc(N)c1-c1nnnn1-c1cccc(Cl)c1. The first kappa shape index (κ1) is 13.4. The normalized spacial score (nSPS) is 10.6. The Balaban J connectivity index is 2.21. The number of hydrogen-bond acceptors (Lipinski definition) is 5. The van der Waals surface area contributed by atoms with E-state index in [1.807, 2.05) is 24.3 Å². The maximum Gasteiger partial charge on any atom is 0.192 e. The minimum atomic E-state index is 0.493. The summed E-state index contributed by atoms with van der Waals surface area (Å²) in [5.41, 5.74) is 7.97. The summed E-state index contributed by atoms with van der Waals surface area (Å²) in [6.07, 6.45) is 0.